The second-order valence-corrected chi connectivity index (χ2v) is 12.7. The lowest BCUT2D eigenvalue weighted by Crippen LogP contribution is -2.46. The van der Waals surface area contributed by atoms with E-state index in [2.05, 4.69) is 20.0 Å². The van der Waals surface area contributed by atoms with E-state index in [1.807, 2.05) is 0 Å². The molecule has 4 aromatic rings. The Morgan fingerprint density at radius 2 is 1.91 bits per heavy atom. The Morgan fingerprint density at radius 1 is 1.14 bits per heavy atom. The number of nitrogens with zero attached hydrogens (tertiary/aromatic N) is 2. The van der Waals surface area contributed by atoms with E-state index in [0.717, 1.165) is 25.9 Å². The van der Waals surface area contributed by atoms with Crippen LogP contribution in [-0.2, 0) is 14.8 Å². The number of benzene rings is 2. The molecule has 6 N–H and O–H groups in total. The van der Waals surface area contributed by atoms with Gasteiger partial charge in [0.05, 0.1) is 22.6 Å². The van der Waals surface area contributed by atoms with Gasteiger partial charge in [0.2, 0.25) is 11.1 Å². The predicted molar refractivity (Wildman–Crippen MR) is 160 cm³/mol. The summed E-state index contributed by atoms with van der Waals surface area (Å²) in [4.78, 5) is 34.6. The topological polar surface area (TPSA) is 184 Å². The summed E-state index contributed by atoms with van der Waals surface area (Å²) in [6.45, 7) is 2.79. The molecule has 2 aromatic carbocycles. The second-order valence-electron chi connectivity index (χ2n) is 11.1. The number of nitrogens with one attached hydrogen (secondary N) is 3. The minimum absolute atomic E-state index is 0.00948. The zero-order chi connectivity index (χ0) is 30.1. The minimum atomic E-state index is -4.03. The highest BCUT2D eigenvalue weighted by molar-refractivity contribution is 7.92. The minimum Gasteiger partial charge on any atom is -0.507 e. The molecular weight excluding hydrogens is 572 g/mol. The van der Waals surface area contributed by atoms with Gasteiger partial charge in [-0.1, -0.05) is 24.3 Å². The summed E-state index contributed by atoms with van der Waals surface area (Å²) < 4.78 is 34.4. The standard InChI is InChI=1S/C30H34N6O6S/c31-21(10-11-26(38)36-14-12-32-13-15-36)25-17-24(37)28(29(39)42-25)27(18-8-9-18)19-4-3-5-20(16-19)35-43(40,41)30-33-22-6-1-2-7-23(22)34-30/h1-7,16-18,21,27,32,35,37H,8-15,31H2,(H,33,34). The number of aromatic hydroxyl groups is 1. The SMILES string of the molecule is NC(CCC(=O)N1CCNCC1)c1cc(O)c(C(c2cccc(NS(=O)(=O)c3nc4ccccc4[nH]3)c2)C2CC2)c(=O)o1. The number of imidazole rings is 1. The van der Waals surface area contributed by atoms with E-state index in [-0.39, 0.29) is 46.9 Å². The molecule has 2 fully saturated rings. The van der Waals surface area contributed by atoms with Crippen molar-refractivity contribution in [3.8, 4) is 5.75 Å². The Morgan fingerprint density at radius 3 is 2.63 bits per heavy atom. The molecule has 1 amide bonds. The molecule has 1 aliphatic carbocycles. The number of hydrogen-bond acceptors (Lipinski definition) is 9. The number of sulfonamides is 1. The monoisotopic (exact) mass is 606 g/mol. The van der Waals surface area contributed by atoms with Gasteiger partial charge >= 0.3 is 5.63 Å². The van der Waals surface area contributed by atoms with Crippen molar-refractivity contribution in [3.63, 3.8) is 0 Å². The molecule has 226 valence electrons. The zero-order valence-corrected chi connectivity index (χ0v) is 24.3. The van der Waals surface area contributed by atoms with Crippen molar-refractivity contribution in [3.05, 3.63) is 81.9 Å². The van der Waals surface area contributed by atoms with Gasteiger partial charge in [-0.3, -0.25) is 9.52 Å². The molecule has 13 heteroatoms. The fourth-order valence-electron chi connectivity index (χ4n) is 5.63. The first-order valence-corrected chi connectivity index (χ1v) is 15.9. The van der Waals surface area contributed by atoms with Crippen molar-refractivity contribution in [2.75, 3.05) is 30.9 Å². The lowest BCUT2D eigenvalue weighted by atomic mass is 9.87. The van der Waals surface area contributed by atoms with Crippen molar-refractivity contribution in [1.29, 1.82) is 0 Å². The van der Waals surface area contributed by atoms with Crippen molar-refractivity contribution >= 4 is 32.7 Å². The Kier molecular flexibility index (Phi) is 7.95. The number of aromatic amines is 1. The van der Waals surface area contributed by atoms with Gasteiger partial charge in [0.15, 0.2) is 0 Å². The average Bonchev–Trinajstić information content (AvgIpc) is 3.73. The molecule has 43 heavy (non-hydrogen) atoms. The summed E-state index contributed by atoms with van der Waals surface area (Å²) in [5.74, 6) is -0.565. The van der Waals surface area contributed by atoms with Gasteiger partial charge in [0, 0.05) is 50.3 Å². The second kappa shape index (κ2) is 11.8. The number of para-hydroxylation sites is 2. The number of anilines is 1. The summed E-state index contributed by atoms with van der Waals surface area (Å²) in [6.07, 6.45) is 2.15. The molecule has 6 rings (SSSR count). The Hall–Kier alpha value is -4.20. The first kappa shape index (κ1) is 28.9. The zero-order valence-electron chi connectivity index (χ0n) is 23.5. The van der Waals surface area contributed by atoms with Crippen LogP contribution in [0.2, 0.25) is 0 Å². The van der Waals surface area contributed by atoms with Crippen LogP contribution >= 0.6 is 0 Å². The number of piperazine rings is 1. The molecular formula is C30H34N6O6S. The molecule has 12 nitrogen and oxygen atoms in total. The van der Waals surface area contributed by atoms with Crippen LogP contribution in [0.1, 0.15) is 54.5 Å². The molecule has 2 unspecified atom stereocenters. The first-order valence-electron chi connectivity index (χ1n) is 14.4. The maximum atomic E-state index is 13.3. The third kappa shape index (κ3) is 6.28. The van der Waals surface area contributed by atoms with Crippen molar-refractivity contribution < 1.29 is 22.7 Å². The van der Waals surface area contributed by atoms with Crippen LogP contribution in [0.25, 0.3) is 11.0 Å². The van der Waals surface area contributed by atoms with E-state index < -0.39 is 27.6 Å². The van der Waals surface area contributed by atoms with Crippen molar-refractivity contribution in [1.82, 2.24) is 20.2 Å². The highest BCUT2D eigenvalue weighted by atomic mass is 32.2. The average molecular weight is 607 g/mol. The van der Waals surface area contributed by atoms with E-state index in [9.17, 15) is 23.1 Å². The third-order valence-electron chi connectivity index (χ3n) is 8.01. The molecule has 3 heterocycles. The molecule has 2 aromatic heterocycles. The maximum absolute atomic E-state index is 13.3. The van der Waals surface area contributed by atoms with Crippen LogP contribution < -0.4 is 21.4 Å². The van der Waals surface area contributed by atoms with Crippen LogP contribution in [0.5, 0.6) is 5.75 Å². The van der Waals surface area contributed by atoms with E-state index in [1.165, 1.54) is 6.07 Å². The van der Waals surface area contributed by atoms with Gasteiger partial charge in [-0.05, 0) is 55.0 Å². The Balaban J connectivity index is 1.21. The quantitative estimate of drug-likeness (QED) is 0.181. The highest BCUT2D eigenvalue weighted by Gasteiger charge is 2.38. The molecule has 0 radical (unpaired) electrons. The van der Waals surface area contributed by atoms with Gasteiger partial charge in [-0.25, -0.2) is 9.78 Å². The summed E-state index contributed by atoms with van der Waals surface area (Å²) in [7, 11) is -4.03. The number of nitrogens with two attached hydrogens (primary N) is 1. The molecule has 2 atom stereocenters. The van der Waals surface area contributed by atoms with E-state index in [4.69, 9.17) is 10.2 Å². The summed E-state index contributed by atoms with van der Waals surface area (Å²) >= 11 is 0. The number of fused-ring (bicyclic) bond motifs is 1. The number of H-pyrrole nitrogens is 1. The lowest BCUT2D eigenvalue weighted by Gasteiger charge is -2.27. The molecule has 1 aliphatic heterocycles. The van der Waals surface area contributed by atoms with Crippen LogP contribution in [0.4, 0.5) is 5.69 Å². The van der Waals surface area contributed by atoms with Gasteiger partial charge in [-0.2, -0.15) is 8.42 Å². The van der Waals surface area contributed by atoms with Crippen LogP contribution in [0.15, 0.2) is 69.0 Å². The van der Waals surface area contributed by atoms with E-state index in [1.54, 1.807) is 53.4 Å². The highest BCUT2D eigenvalue weighted by Crippen LogP contribution is 2.48. The van der Waals surface area contributed by atoms with Gasteiger partial charge in [-0.15, -0.1) is 0 Å². The largest absolute Gasteiger partial charge is 0.507 e. The molecule has 1 saturated heterocycles. The van der Waals surface area contributed by atoms with Gasteiger partial charge in [0.1, 0.15) is 11.5 Å². The lowest BCUT2D eigenvalue weighted by molar-refractivity contribution is -0.131. The molecule has 0 spiro atoms. The molecule has 0 bridgehead atoms. The predicted octanol–water partition coefficient (Wildman–Crippen LogP) is 2.78. The maximum Gasteiger partial charge on any atom is 0.343 e. The molecule has 2 aliphatic rings. The third-order valence-corrected chi connectivity index (χ3v) is 9.22. The van der Waals surface area contributed by atoms with Crippen molar-refractivity contribution in [2.45, 2.75) is 42.8 Å². The number of carbonyl (C=O) groups is 1. The smallest absolute Gasteiger partial charge is 0.343 e. The molecule has 1 saturated carbocycles. The van der Waals surface area contributed by atoms with Gasteiger partial charge in [0.25, 0.3) is 10.0 Å². The number of hydrogen-bond donors (Lipinski definition) is 5. The number of carbonyl (C=O) groups excluding carboxylic acids is 1. The normalized spacial score (nSPS) is 17.1. The van der Waals surface area contributed by atoms with Crippen LogP contribution in [0.3, 0.4) is 0 Å². The fraction of sp³-hybridized carbons (Fsp3) is 0.367. The number of aromatic nitrogens is 2. The van der Waals surface area contributed by atoms with Crippen molar-refractivity contribution in [2.24, 2.45) is 11.7 Å². The van der Waals surface area contributed by atoms with Crippen LogP contribution in [-0.4, -0.2) is 60.5 Å². The van der Waals surface area contributed by atoms with Gasteiger partial charge < -0.3 is 30.5 Å². The Labute approximate surface area is 248 Å². The summed E-state index contributed by atoms with van der Waals surface area (Å²) in [6, 6.07) is 14.4. The Bertz CT molecular complexity index is 1780. The van der Waals surface area contributed by atoms with Crippen LogP contribution in [0, 0.1) is 5.92 Å². The number of rotatable bonds is 10. The van der Waals surface area contributed by atoms with E-state index >= 15 is 0 Å². The summed E-state index contributed by atoms with van der Waals surface area (Å²) in [5, 5.41) is 14.1. The van der Waals surface area contributed by atoms with E-state index in [0.29, 0.717) is 35.4 Å². The summed E-state index contributed by atoms with van der Waals surface area (Å²) in [5.41, 5.74) is 7.75. The fourth-order valence-corrected chi connectivity index (χ4v) is 6.63. The number of amides is 1. The first-order chi connectivity index (χ1) is 20.7.